The first-order chi connectivity index (χ1) is 12.0. The predicted octanol–water partition coefficient (Wildman–Crippen LogP) is 3.36. The van der Waals surface area contributed by atoms with Gasteiger partial charge in [-0.05, 0) is 50.7 Å². The molecule has 0 radical (unpaired) electrons. The third-order valence-corrected chi connectivity index (χ3v) is 3.65. The number of Topliss-reactive ketones (excluding diaryl/α,β-unsaturated/α-hetero) is 1. The summed E-state index contributed by atoms with van der Waals surface area (Å²) in [6, 6.07) is 14.8. The van der Waals surface area contributed by atoms with E-state index < -0.39 is 0 Å². The van der Waals surface area contributed by atoms with E-state index in [-0.39, 0.29) is 18.2 Å². The van der Waals surface area contributed by atoms with Gasteiger partial charge in [-0.25, -0.2) is 0 Å². The fourth-order valence-electron chi connectivity index (χ4n) is 2.49. The Morgan fingerprint density at radius 2 is 1.84 bits per heavy atom. The number of carbonyl (C=O) groups is 2. The Morgan fingerprint density at radius 1 is 1.12 bits per heavy atom. The molecule has 0 heterocycles. The summed E-state index contributed by atoms with van der Waals surface area (Å²) in [6.07, 6.45) is 0. The zero-order valence-electron chi connectivity index (χ0n) is 14.9. The van der Waals surface area contributed by atoms with Crippen LogP contribution in [0.1, 0.15) is 29.8 Å². The second-order valence-corrected chi connectivity index (χ2v) is 5.93. The number of carbonyl (C=O) groups excluding carboxylic acids is 2. The van der Waals surface area contributed by atoms with Crippen LogP contribution in [0.5, 0.6) is 5.75 Å². The molecule has 0 aliphatic heterocycles. The molecule has 5 nitrogen and oxygen atoms in total. The summed E-state index contributed by atoms with van der Waals surface area (Å²) in [4.78, 5) is 25.5. The van der Waals surface area contributed by atoms with E-state index in [9.17, 15) is 9.59 Å². The molecule has 25 heavy (non-hydrogen) atoms. The molecule has 0 bridgehead atoms. The molecule has 1 N–H and O–H groups in total. The number of nitrogens with one attached hydrogen (secondary N) is 1. The lowest BCUT2D eigenvalue weighted by molar-refractivity contribution is -0.117. The van der Waals surface area contributed by atoms with Crippen molar-refractivity contribution in [3.8, 4) is 5.75 Å². The van der Waals surface area contributed by atoms with Gasteiger partial charge in [0.05, 0.1) is 13.2 Å². The lowest BCUT2D eigenvalue weighted by Crippen LogP contribution is -2.29. The van der Waals surface area contributed by atoms with Crippen molar-refractivity contribution in [3.05, 3.63) is 59.7 Å². The highest BCUT2D eigenvalue weighted by molar-refractivity contribution is 5.97. The first-order valence-electron chi connectivity index (χ1n) is 8.29. The summed E-state index contributed by atoms with van der Waals surface area (Å²) >= 11 is 0. The van der Waals surface area contributed by atoms with Gasteiger partial charge in [0, 0.05) is 17.8 Å². The van der Waals surface area contributed by atoms with Crippen molar-refractivity contribution in [3.63, 3.8) is 0 Å². The van der Waals surface area contributed by atoms with E-state index >= 15 is 0 Å². The van der Waals surface area contributed by atoms with Gasteiger partial charge >= 0.3 is 0 Å². The molecule has 2 aromatic carbocycles. The Bertz CT molecular complexity index is 726. The van der Waals surface area contributed by atoms with Crippen LogP contribution < -0.4 is 10.1 Å². The maximum atomic E-state index is 12.2. The molecule has 0 aliphatic rings. The topological polar surface area (TPSA) is 58.6 Å². The summed E-state index contributed by atoms with van der Waals surface area (Å²) in [7, 11) is 1.89. The second kappa shape index (κ2) is 8.99. The van der Waals surface area contributed by atoms with E-state index in [0.717, 1.165) is 11.3 Å². The second-order valence-electron chi connectivity index (χ2n) is 5.93. The Hall–Kier alpha value is -2.66. The maximum Gasteiger partial charge on any atom is 0.238 e. The number of nitrogens with zero attached hydrogens (tertiary/aromatic N) is 1. The SMILES string of the molecule is CCOc1ccc(CN(C)CC(=O)Nc2cccc(C(C)=O)c2)cc1. The average molecular weight is 340 g/mol. The normalized spacial score (nSPS) is 10.6. The standard InChI is InChI=1S/C20H24N2O3/c1-4-25-19-10-8-16(9-11-19)13-22(3)14-20(24)21-18-7-5-6-17(12-18)15(2)23/h5-12H,4,13-14H2,1-3H3,(H,21,24). The minimum absolute atomic E-state index is 0.0243. The van der Waals surface area contributed by atoms with Crippen LogP contribution in [0.3, 0.4) is 0 Å². The van der Waals surface area contributed by atoms with E-state index in [1.807, 2.05) is 43.1 Å². The Balaban J connectivity index is 1.87. The molecule has 0 unspecified atom stereocenters. The molecule has 0 atom stereocenters. The first kappa shape index (κ1) is 18.7. The van der Waals surface area contributed by atoms with Gasteiger partial charge in [-0.2, -0.15) is 0 Å². The van der Waals surface area contributed by atoms with Crippen LogP contribution in [0.4, 0.5) is 5.69 Å². The fourth-order valence-corrected chi connectivity index (χ4v) is 2.49. The van der Waals surface area contributed by atoms with E-state index in [4.69, 9.17) is 4.74 Å². The van der Waals surface area contributed by atoms with Gasteiger partial charge in [-0.3, -0.25) is 14.5 Å². The molecule has 0 saturated carbocycles. The zero-order chi connectivity index (χ0) is 18.2. The van der Waals surface area contributed by atoms with Gasteiger partial charge in [-0.15, -0.1) is 0 Å². The monoisotopic (exact) mass is 340 g/mol. The summed E-state index contributed by atoms with van der Waals surface area (Å²) in [5, 5.41) is 2.83. The molecule has 1 amide bonds. The van der Waals surface area contributed by atoms with Crippen molar-refractivity contribution in [1.29, 1.82) is 0 Å². The van der Waals surface area contributed by atoms with Crippen LogP contribution in [0.2, 0.25) is 0 Å². The number of anilines is 1. The largest absolute Gasteiger partial charge is 0.494 e. The average Bonchev–Trinajstić information content (AvgIpc) is 2.57. The van der Waals surface area contributed by atoms with Gasteiger partial charge in [0.2, 0.25) is 5.91 Å². The highest BCUT2D eigenvalue weighted by Gasteiger charge is 2.09. The highest BCUT2D eigenvalue weighted by Crippen LogP contribution is 2.14. The lowest BCUT2D eigenvalue weighted by Gasteiger charge is -2.17. The first-order valence-corrected chi connectivity index (χ1v) is 8.29. The fraction of sp³-hybridized carbons (Fsp3) is 0.300. The number of rotatable bonds is 8. The van der Waals surface area contributed by atoms with Crippen LogP contribution in [0.15, 0.2) is 48.5 Å². The van der Waals surface area contributed by atoms with Crippen molar-refractivity contribution >= 4 is 17.4 Å². The minimum atomic E-state index is -0.117. The van der Waals surface area contributed by atoms with E-state index in [2.05, 4.69) is 5.32 Å². The Labute approximate surface area is 148 Å². The Morgan fingerprint density at radius 3 is 2.48 bits per heavy atom. The van der Waals surface area contributed by atoms with E-state index in [0.29, 0.717) is 24.4 Å². The van der Waals surface area contributed by atoms with Gasteiger partial charge in [0.15, 0.2) is 5.78 Å². The third kappa shape index (κ3) is 6.04. The number of ketones is 1. The number of likely N-dealkylation sites (N-methyl/N-ethyl adjacent to an activating group) is 1. The van der Waals surface area contributed by atoms with Crippen LogP contribution in [0, 0.1) is 0 Å². The predicted molar refractivity (Wildman–Crippen MR) is 99.0 cm³/mol. The van der Waals surface area contributed by atoms with E-state index in [1.54, 1.807) is 24.3 Å². The molecule has 2 aromatic rings. The summed E-state index contributed by atoms with van der Waals surface area (Å²) in [6.45, 7) is 5.02. The third-order valence-electron chi connectivity index (χ3n) is 3.65. The number of benzene rings is 2. The van der Waals surface area contributed by atoms with E-state index in [1.165, 1.54) is 6.92 Å². The smallest absolute Gasteiger partial charge is 0.238 e. The zero-order valence-corrected chi connectivity index (χ0v) is 14.9. The summed E-state index contributed by atoms with van der Waals surface area (Å²) in [5.74, 6) is 0.704. The summed E-state index contributed by atoms with van der Waals surface area (Å²) < 4.78 is 5.42. The minimum Gasteiger partial charge on any atom is -0.494 e. The molecule has 0 saturated heterocycles. The van der Waals surface area contributed by atoms with Crippen LogP contribution in [-0.4, -0.2) is 36.8 Å². The molecule has 0 aromatic heterocycles. The lowest BCUT2D eigenvalue weighted by atomic mass is 10.1. The maximum absolute atomic E-state index is 12.2. The van der Waals surface area contributed by atoms with Gasteiger partial charge in [0.1, 0.15) is 5.75 Å². The Kier molecular flexibility index (Phi) is 6.71. The summed E-state index contributed by atoms with van der Waals surface area (Å²) in [5.41, 5.74) is 2.32. The van der Waals surface area contributed by atoms with Crippen LogP contribution in [0.25, 0.3) is 0 Å². The molecule has 5 heteroatoms. The van der Waals surface area contributed by atoms with Crippen LogP contribution in [-0.2, 0) is 11.3 Å². The van der Waals surface area contributed by atoms with Crippen molar-refractivity contribution < 1.29 is 14.3 Å². The molecule has 2 rings (SSSR count). The molecule has 0 spiro atoms. The number of hydrogen-bond acceptors (Lipinski definition) is 4. The molecule has 0 fully saturated rings. The van der Waals surface area contributed by atoms with Crippen molar-refractivity contribution in [2.24, 2.45) is 0 Å². The number of hydrogen-bond donors (Lipinski definition) is 1. The van der Waals surface area contributed by atoms with Crippen molar-refractivity contribution in [2.75, 3.05) is 25.5 Å². The van der Waals surface area contributed by atoms with Crippen molar-refractivity contribution in [2.45, 2.75) is 20.4 Å². The van der Waals surface area contributed by atoms with Gasteiger partial charge in [-0.1, -0.05) is 24.3 Å². The quantitative estimate of drug-likeness (QED) is 0.749. The molecule has 0 aliphatic carbocycles. The van der Waals surface area contributed by atoms with Crippen molar-refractivity contribution in [1.82, 2.24) is 4.90 Å². The molecular weight excluding hydrogens is 316 g/mol. The molecular formula is C20H24N2O3. The van der Waals surface area contributed by atoms with Gasteiger partial charge in [0.25, 0.3) is 0 Å². The number of amides is 1. The van der Waals surface area contributed by atoms with Crippen LogP contribution >= 0.6 is 0 Å². The van der Waals surface area contributed by atoms with Gasteiger partial charge < -0.3 is 10.1 Å². The highest BCUT2D eigenvalue weighted by atomic mass is 16.5. The molecule has 132 valence electrons. The number of ether oxygens (including phenoxy) is 1.